The number of carbonyl (C=O) groups excluding carboxylic acids is 1. The monoisotopic (exact) mass is 349 g/mol. The van der Waals surface area contributed by atoms with Gasteiger partial charge in [-0.05, 0) is 36.5 Å². The third-order valence-electron chi connectivity index (χ3n) is 4.70. The average molecular weight is 349 g/mol. The molecule has 1 aromatic carbocycles. The summed E-state index contributed by atoms with van der Waals surface area (Å²) in [6.07, 6.45) is 7.40. The van der Waals surface area contributed by atoms with Crippen LogP contribution in [-0.2, 0) is 0 Å². The Labute approximate surface area is 151 Å². The fourth-order valence-electron chi connectivity index (χ4n) is 3.29. The molecule has 4 nitrogen and oxygen atoms in total. The minimum Gasteiger partial charge on any atom is -0.338 e. The molecule has 2 aromatic heterocycles. The van der Waals surface area contributed by atoms with E-state index in [1.807, 2.05) is 47.6 Å². The molecule has 0 N–H and O–H groups in total. The minimum absolute atomic E-state index is 0.104. The van der Waals surface area contributed by atoms with Gasteiger partial charge < -0.3 is 4.90 Å². The van der Waals surface area contributed by atoms with Crippen molar-refractivity contribution in [2.24, 2.45) is 0 Å². The van der Waals surface area contributed by atoms with Crippen molar-refractivity contribution in [3.05, 3.63) is 71.5 Å². The van der Waals surface area contributed by atoms with E-state index in [0.717, 1.165) is 41.4 Å². The Bertz CT molecular complexity index is 840. The van der Waals surface area contributed by atoms with E-state index in [0.29, 0.717) is 5.92 Å². The summed E-state index contributed by atoms with van der Waals surface area (Å²) in [4.78, 5) is 24.0. The lowest BCUT2D eigenvalue weighted by Crippen LogP contribution is -2.37. The SMILES string of the molecule is O=C(c1cnc(-c2ccccc2)s1)N1CCC(c2ccncc2)CC1. The Morgan fingerprint density at radius 3 is 2.48 bits per heavy atom. The van der Waals surface area contributed by atoms with E-state index in [1.54, 1.807) is 6.20 Å². The molecule has 0 saturated carbocycles. The fourth-order valence-corrected chi connectivity index (χ4v) is 4.18. The number of likely N-dealkylation sites (tertiary alicyclic amines) is 1. The summed E-state index contributed by atoms with van der Waals surface area (Å²) in [7, 11) is 0. The maximum atomic E-state index is 12.8. The standard InChI is InChI=1S/C20H19N3OS/c24-20(18-14-22-19(25-18)17-4-2-1-3-5-17)23-12-8-16(9-13-23)15-6-10-21-11-7-15/h1-7,10-11,14,16H,8-9,12-13H2. The van der Waals surface area contributed by atoms with Crippen molar-refractivity contribution >= 4 is 17.2 Å². The molecule has 1 saturated heterocycles. The Balaban J connectivity index is 1.42. The van der Waals surface area contributed by atoms with Gasteiger partial charge in [-0.3, -0.25) is 9.78 Å². The van der Waals surface area contributed by atoms with Crippen LogP contribution >= 0.6 is 11.3 Å². The minimum atomic E-state index is 0.104. The Morgan fingerprint density at radius 1 is 1.04 bits per heavy atom. The number of hydrogen-bond donors (Lipinski definition) is 0. The second kappa shape index (κ2) is 7.15. The molecule has 0 unspecified atom stereocenters. The molecule has 126 valence electrons. The first-order valence-electron chi connectivity index (χ1n) is 8.52. The Kier molecular flexibility index (Phi) is 4.57. The molecule has 3 heterocycles. The van der Waals surface area contributed by atoms with Gasteiger partial charge in [0.25, 0.3) is 5.91 Å². The number of hydrogen-bond acceptors (Lipinski definition) is 4. The number of pyridine rings is 1. The molecular weight excluding hydrogens is 330 g/mol. The lowest BCUT2D eigenvalue weighted by molar-refractivity contribution is 0.0717. The molecule has 1 amide bonds. The predicted molar refractivity (Wildman–Crippen MR) is 99.7 cm³/mol. The summed E-state index contributed by atoms with van der Waals surface area (Å²) in [6, 6.07) is 14.2. The zero-order valence-electron chi connectivity index (χ0n) is 13.8. The largest absolute Gasteiger partial charge is 0.338 e. The molecule has 0 bridgehead atoms. The van der Waals surface area contributed by atoms with Crippen molar-refractivity contribution in [3.63, 3.8) is 0 Å². The van der Waals surface area contributed by atoms with Crippen molar-refractivity contribution in [2.75, 3.05) is 13.1 Å². The number of rotatable bonds is 3. The fraction of sp³-hybridized carbons (Fsp3) is 0.250. The summed E-state index contributed by atoms with van der Waals surface area (Å²) in [6.45, 7) is 1.59. The molecule has 1 aliphatic heterocycles. The number of aromatic nitrogens is 2. The lowest BCUT2D eigenvalue weighted by Gasteiger charge is -2.31. The predicted octanol–water partition coefficient (Wildman–Crippen LogP) is 4.22. The van der Waals surface area contributed by atoms with E-state index in [-0.39, 0.29) is 5.91 Å². The van der Waals surface area contributed by atoms with Crippen molar-refractivity contribution in [1.29, 1.82) is 0 Å². The van der Waals surface area contributed by atoms with E-state index < -0.39 is 0 Å². The summed E-state index contributed by atoms with van der Waals surface area (Å²) in [5.74, 6) is 0.626. The van der Waals surface area contributed by atoms with Crippen molar-refractivity contribution in [2.45, 2.75) is 18.8 Å². The average Bonchev–Trinajstić information content (AvgIpc) is 3.19. The van der Waals surface area contributed by atoms with Crippen LogP contribution in [0.15, 0.2) is 61.1 Å². The van der Waals surface area contributed by atoms with Gasteiger partial charge in [0.05, 0.1) is 6.20 Å². The maximum Gasteiger partial charge on any atom is 0.265 e. The van der Waals surface area contributed by atoms with Gasteiger partial charge in [0.2, 0.25) is 0 Å². The van der Waals surface area contributed by atoms with Crippen LogP contribution in [0.5, 0.6) is 0 Å². The van der Waals surface area contributed by atoms with E-state index >= 15 is 0 Å². The van der Waals surface area contributed by atoms with Gasteiger partial charge in [0.1, 0.15) is 9.88 Å². The van der Waals surface area contributed by atoms with Crippen LogP contribution in [0.2, 0.25) is 0 Å². The molecule has 0 radical (unpaired) electrons. The van der Waals surface area contributed by atoms with Crippen LogP contribution in [0.4, 0.5) is 0 Å². The summed E-state index contributed by atoms with van der Waals surface area (Å²) in [5, 5.41) is 0.899. The van der Waals surface area contributed by atoms with Crippen LogP contribution in [-0.4, -0.2) is 33.9 Å². The van der Waals surface area contributed by atoms with Gasteiger partial charge in [0, 0.05) is 31.0 Å². The molecule has 0 spiro atoms. The highest BCUT2D eigenvalue weighted by molar-refractivity contribution is 7.16. The van der Waals surface area contributed by atoms with Crippen LogP contribution < -0.4 is 0 Å². The van der Waals surface area contributed by atoms with Crippen molar-refractivity contribution < 1.29 is 4.79 Å². The first kappa shape index (κ1) is 16.0. The van der Waals surface area contributed by atoms with E-state index in [4.69, 9.17) is 0 Å². The van der Waals surface area contributed by atoms with Crippen molar-refractivity contribution in [3.8, 4) is 10.6 Å². The topological polar surface area (TPSA) is 46.1 Å². The quantitative estimate of drug-likeness (QED) is 0.711. The van der Waals surface area contributed by atoms with Gasteiger partial charge in [-0.2, -0.15) is 0 Å². The smallest absolute Gasteiger partial charge is 0.265 e. The summed E-state index contributed by atoms with van der Waals surface area (Å²) < 4.78 is 0. The molecule has 25 heavy (non-hydrogen) atoms. The van der Waals surface area contributed by atoms with Crippen LogP contribution in [0, 0.1) is 0 Å². The molecule has 1 aliphatic rings. The summed E-state index contributed by atoms with van der Waals surface area (Å²) >= 11 is 1.47. The molecule has 1 fully saturated rings. The second-order valence-corrected chi connectivity index (χ2v) is 7.27. The maximum absolute atomic E-state index is 12.8. The van der Waals surface area contributed by atoms with Crippen LogP contribution in [0.3, 0.4) is 0 Å². The Hall–Kier alpha value is -2.53. The third kappa shape index (κ3) is 3.46. The highest BCUT2D eigenvalue weighted by Crippen LogP contribution is 2.30. The number of piperidine rings is 1. The number of benzene rings is 1. The molecule has 0 aliphatic carbocycles. The summed E-state index contributed by atoms with van der Waals surface area (Å²) in [5.41, 5.74) is 2.38. The molecule has 5 heteroatoms. The molecule has 3 aromatic rings. The lowest BCUT2D eigenvalue weighted by atomic mass is 9.90. The van der Waals surface area contributed by atoms with E-state index in [1.165, 1.54) is 16.9 Å². The van der Waals surface area contributed by atoms with Gasteiger partial charge in [-0.1, -0.05) is 30.3 Å². The van der Waals surface area contributed by atoms with Gasteiger partial charge in [-0.15, -0.1) is 11.3 Å². The van der Waals surface area contributed by atoms with E-state index in [2.05, 4.69) is 22.1 Å². The highest BCUT2D eigenvalue weighted by atomic mass is 32.1. The van der Waals surface area contributed by atoms with Crippen LogP contribution in [0.1, 0.15) is 34.0 Å². The zero-order chi connectivity index (χ0) is 17.1. The first-order valence-corrected chi connectivity index (χ1v) is 9.33. The van der Waals surface area contributed by atoms with Gasteiger partial charge >= 0.3 is 0 Å². The Morgan fingerprint density at radius 2 is 1.76 bits per heavy atom. The molecule has 4 rings (SSSR count). The van der Waals surface area contributed by atoms with E-state index in [9.17, 15) is 4.79 Å². The first-order chi connectivity index (χ1) is 12.3. The number of nitrogens with zero attached hydrogens (tertiary/aromatic N) is 3. The second-order valence-electron chi connectivity index (χ2n) is 6.24. The number of amides is 1. The third-order valence-corrected chi connectivity index (χ3v) is 5.73. The number of thiazole rings is 1. The van der Waals surface area contributed by atoms with Gasteiger partial charge in [-0.25, -0.2) is 4.98 Å². The number of carbonyl (C=O) groups is 1. The van der Waals surface area contributed by atoms with Gasteiger partial charge in [0.15, 0.2) is 0 Å². The van der Waals surface area contributed by atoms with Crippen LogP contribution in [0.25, 0.3) is 10.6 Å². The van der Waals surface area contributed by atoms with Crippen molar-refractivity contribution in [1.82, 2.24) is 14.9 Å². The zero-order valence-corrected chi connectivity index (χ0v) is 14.7. The highest BCUT2D eigenvalue weighted by Gasteiger charge is 2.25. The molecular formula is C20H19N3OS. The molecule has 0 atom stereocenters. The normalized spacial score (nSPS) is 15.3.